The first-order valence-electron chi connectivity index (χ1n) is 15.5. The van der Waals surface area contributed by atoms with Crippen LogP contribution in [0.4, 0.5) is 41.6 Å². The summed E-state index contributed by atoms with van der Waals surface area (Å²) in [6.45, 7) is 3.03. The Morgan fingerprint density at radius 3 is 1.91 bits per heavy atom. The van der Waals surface area contributed by atoms with E-state index in [0.717, 1.165) is 65.4 Å². The number of fused-ring (bicyclic) bond motifs is 3. The Morgan fingerprint density at radius 2 is 1.33 bits per heavy atom. The number of aliphatic imine (C=N–C) groups is 1. The Balaban J connectivity index is 1.29. The van der Waals surface area contributed by atoms with E-state index in [1.807, 2.05) is 24.3 Å². The van der Waals surface area contributed by atoms with Gasteiger partial charge in [-0.1, -0.05) is 74.0 Å². The predicted molar refractivity (Wildman–Crippen MR) is 178 cm³/mol. The first kappa shape index (κ1) is 28.9. The van der Waals surface area contributed by atoms with Gasteiger partial charge in [-0.15, -0.1) is 0 Å². The second-order valence-electron chi connectivity index (χ2n) is 11.8. The summed E-state index contributed by atoms with van der Waals surface area (Å²) in [5.74, 6) is 0.544. The van der Waals surface area contributed by atoms with Crippen molar-refractivity contribution < 1.29 is 13.2 Å². The van der Waals surface area contributed by atoms with Gasteiger partial charge in [-0.25, -0.2) is 0 Å². The van der Waals surface area contributed by atoms with Gasteiger partial charge in [0, 0.05) is 53.0 Å². The summed E-state index contributed by atoms with van der Waals surface area (Å²) >= 11 is 0. The average Bonchev–Trinajstić information content (AvgIpc) is 3.40. The fraction of sp³-hybridized carbons (Fsp3) is 0.205. The van der Waals surface area contributed by atoms with Crippen molar-refractivity contribution in [3.8, 4) is 11.1 Å². The van der Waals surface area contributed by atoms with Crippen LogP contribution in [0, 0.1) is 5.92 Å². The van der Waals surface area contributed by atoms with Crippen LogP contribution in [0.15, 0.2) is 132 Å². The van der Waals surface area contributed by atoms with Crippen molar-refractivity contribution in [2.45, 2.75) is 37.9 Å². The molecule has 0 bridgehead atoms. The molecule has 5 aromatic carbocycles. The summed E-state index contributed by atoms with van der Waals surface area (Å²) in [5, 5.41) is 0. The summed E-state index contributed by atoms with van der Waals surface area (Å²) < 4.78 is 39.3. The fourth-order valence-electron chi connectivity index (χ4n) is 6.97. The second-order valence-corrected chi connectivity index (χ2v) is 11.8. The second kappa shape index (κ2) is 11.9. The van der Waals surface area contributed by atoms with Crippen LogP contribution < -0.4 is 9.80 Å². The van der Waals surface area contributed by atoms with Gasteiger partial charge in [0.2, 0.25) is 0 Å². The molecule has 3 nitrogen and oxygen atoms in total. The zero-order valence-electron chi connectivity index (χ0n) is 25.0. The molecule has 0 radical (unpaired) electrons. The van der Waals surface area contributed by atoms with Gasteiger partial charge in [0.1, 0.15) is 0 Å². The number of nitrogens with zero attached hydrogens (tertiary/aromatic N) is 3. The Morgan fingerprint density at radius 1 is 0.733 bits per heavy atom. The van der Waals surface area contributed by atoms with E-state index in [4.69, 9.17) is 4.99 Å². The lowest BCUT2D eigenvalue weighted by Gasteiger charge is -2.37. The molecule has 0 amide bonds. The van der Waals surface area contributed by atoms with Crippen molar-refractivity contribution in [3.05, 3.63) is 139 Å². The van der Waals surface area contributed by atoms with E-state index < -0.39 is 11.7 Å². The molecule has 5 aromatic rings. The maximum atomic E-state index is 13.1. The molecule has 3 unspecified atom stereocenters. The number of benzene rings is 5. The largest absolute Gasteiger partial charge is 0.416 e. The first-order chi connectivity index (χ1) is 21.9. The van der Waals surface area contributed by atoms with Crippen LogP contribution in [-0.4, -0.2) is 18.8 Å². The molecule has 0 saturated carbocycles. The third-order valence-electron chi connectivity index (χ3n) is 9.02. The molecule has 226 valence electrons. The highest BCUT2D eigenvalue weighted by Crippen LogP contribution is 2.51. The van der Waals surface area contributed by atoms with Crippen molar-refractivity contribution in [2.75, 3.05) is 16.3 Å². The van der Waals surface area contributed by atoms with E-state index >= 15 is 0 Å². The van der Waals surface area contributed by atoms with Crippen LogP contribution in [0.2, 0.25) is 0 Å². The zero-order chi connectivity index (χ0) is 31.0. The highest BCUT2D eigenvalue weighted by atomic mass is 19.4. The molecule has 0 spiro atoms. The normalized spacial score (nSPS) is 18.8. The predicted octanol–water partition coefficient (Wildman–Crippen LogP) is 10.9. The molecule has 45 heavy (non-hydrogen) atoms. The first-order valence-corrected chi connectivity index (χ1v) is 15.5. The molecular formula is C39H34F3N3. The van der Waals surface area contributed by atoms with E-state index in [1.54, 1.807) is 12.1 Å². The van der Waals surface area contributed by atoms with E-state index in [2.05, 4.69) is 102 Å². The Bertz CT molecular complexity index is 1740. The molecule has 3 atom stereocenters. The lowest BCUT2D eigenvalue weighted by atomic mass is 9.82. The maximum absolute atomic E-state index is 13.1. The van der Waals surface area contributed by atoms with Crippen LogP contribution in [0.25, 0.3) is 11.1 Å². The number of hydrogen-bond donors (Lipinski definition) is 0. The van der Waals surface area contributed by atoms with Crippen LogP contribution in [-0.2, 0) is 6.18 Å². The van der Waals surface area contributed by atoms with Gasteiger partial charge in [-0.3, -0.25) is 4.99 Å². The number of rotatable bonds is 7. The number of halogens is 3. The van der Waals surface area contributed by atoms with E-state index in [1.165, 1.54) is 11.3 Å². The van der Waals surface area contributed by atoms with Gasteiger partial charge in [0.25, 0.3) is 0 Å². The Kier molecular flexibility index (Phi) is 7.66. The van der Waals surface area contributed by atoms with Crippen molar-refractivity contribution in [2.24, 2.45) is 10.9 Å². The SMILES string of the molecule is CCCC1CN=CC2c3cc(N(c4ccccc4)c4ccccc4)ccc3N(c3ccc(-c4ccc(C(F)(F)F)cc4)cc3)C12. The number of anilines is 5. The van der Waals surface area contributed by atoms with Crippen molar-refractivity contribution in [3.63, 3.8) is 0 Å². The average molecular weight is 602 g/mol. The molecule has 7 rings (SSSR count). The number of hydrogen-bond acceptors (Lipinski definition) is 3. The maximum Gasteiger partial charge on any atom is 0.416 e. The van der Waals surface area contributed by atoms with E-state index in [0.29, 0.717) is 5.92 Å². The van der Waals surface area contributed by atoms with Gasteiger partial charge < -0.3 is 9.80 Å². The summed E-state index contributed by atoms with van der Waals surface area (Å²) in [6.07, 6.45) is -0.0357. The minimum absolute atomic E-state index is 0.147. The summed E-state index contributed by atoms with van der Waals surface area (Å²) in [5.41, 5.74) is 7.79. The minimum Gasteiger partial charge on any atom is -0.337 e. The highest BCUT2D eigenvalue weighted by Gasteiger charge is 2.44. The number of alkyl halides is 3. The van der Waals surface area contributed by atoms with Crippen molar-refractivity contribution in [1.82, 2.24) is 0 Å². The molecule has 2 aliphatic heterocycles. The van der Waals surface area contributed by atoms with Gasteiger partial charge in [0.15, 0.2) is 0 Å². The van der Waals surface area contributed by atoms with Crippen LogP contribution in [0.5, 0.6) is 0 Å². The minimum atomic E-state index is -4.35. The topological polar surface area (TPSA) is 18.8 Å². The van der Waals surface area contributed by atoms with Gasteiger partial charge in [0.05, 0.1) is 11.6 Å². The third-order valence-corrected chi connectivity index (χ3v) is 9.02. The lowest BCUT2D eigenvalue weighted by molar-refractivity contribution is -0.137. The standard InChI is InChI=1S/C39H34F3N3/c1-2-9-29-25-43-26-36-35-24-34(44(31-10-5-3-6-11-31)32-12-7-4-8-13-32)22-23-37(35)45(38(29)36)33-20-16-28(17-21-33)27-14-18-30(19-15-27)39(40,41)42/h3-8,10-24,26,29,36,38H,2,9,25H2,1H3. The van der Waals surface area contributed by atoms with Crippen LogP contribution in [0.1, 0.15) is 36.8 Å². The number of para-hydroxylation sites is 2. The van der Waals surface area contributed by atoms with E-state index in [9.17, 15) is 13.2 Å². The molecule has 6 heteroatoms. The smallest absolute Gasteiger partial charge is 0.337 e. The van der Waals surface area contributed by atoms with Crippen molar-refractivity contribution >= 4 is 34.7 Å². The molecule has 0 fully saturated rings. The molecule has 0 N–H and O–H groups in total. The molecule has 0 aliphatic carbocycles. The fourth-order valence-corrected chi connectivity index (χ4v) is 6.97. The molecule has 2 heterocycles. The summed E-state index contributed by atoms with van der Waals surface area (Å²) in [7, 11) is 0. The van der Waals surface area contributed by atoms with Gasteiger partial charge in [-0.2, -0.15) is 13.2 Å². The molecular weight excluding hydrogens is 567 g/mol. The van der Waals surface area contributed by atoms with Crippen LogP contribution in [0.3, 0.4) is 0 Å². The van der Waals surface area contributed by atoms with Crippen LogP contribution >= 0.6 is 0 Å². The Labute approximate surface area is 262 Å². The molecule has 2 aliphatic rings. The summed E-state index contributed by atoms with van der Waals surface area (Å²) in [4.78, 5) is 9.64. The summed E-state index contributed by atoms with van der Waals surface area (Å²) in [6, 6.07) is 41.4. The highest BCUT2D eigenvalue weighted by molar-refractivity contribution is 5.88. The van der Waals surface area contributed by atoms with Crippen molar-refractivity contribution in [1.29, 1.82) is 0 Å². The lowest BCUT2D eigenvalue weighted by Crippen LogP contribution is -2.41. The monoisotopic (exact) mass is 601 g/mol. The third kappa shape index (κ3) is 5.50. The zero-order valence-corrected chi connectivity index (χ0v) is 25.0. The van der Waals surface area contributed by atoms with Gasteiger partial charge in [-0.05, 0) is 89.8 Å². The van der Waals surface area contributed by atoms with E-state index in [-0.39, 0.29) is 12.0 Å². The Hall–Kier alpha value is -4.84. The molecule has 0 saturated heterocycles. The van der Waals surface area contributed by atoms with Gasteiger partial charge >= 0.3 is 6.18 Å². The molecule has 0 aromatic heterocycles. The quantitative estimate of drug-likeness (QED) is 0.185.